The number of fused-ring (bicyclic) bond motifs is 1. The topological polar surface area (TPSA) is 103 Å². The summed E-state index contributed by atoms with van der Waals surface area (Å²) < 4.78 is 16.0. The molecule has 0 radical (unpaired) electrons. The number of nitrogens with one attached hydrogen (secondary N) is 1. The Kier molecular flexibility index (Phi) is 4.57. The average molecular weight is 355 g/mol. The van der Waals surface area contributed by atoms with Crippen LogP contribution in [0.2, 0.25) is 0 Å². The number of carbonyl (C=O) groups excluding carboxylic acids is 2. The molecular formula is C18H17N3O5. The first-order chi connectivity index (χ1) is 12.5. The predicted molar refractivity (Wildman–Crippen MR) is 94.0 cm³/mol. The van der Waals surface area contributed by atoms with Gasteiger partial charge in [0.1, 0.15) is 5.52 Å². The molecule has 26 heavy (non-hydrogen) atoms. The van der Waals surface area contributed by atoms with Crippen LogP contribution in [0.4, 0.5) is 0 Å². The lowest BCUT2D eigenvalue weighted by molar-refractivity contribution is -0.113. The van der Waals surface area contributed by atoms with Crippen LogP contribution in [0, 0.1) is 0 Å². The standard InChI is InChI=1S/C18H17N3O5/c1-9(22)16(23)11-7-20-18-15(11)19-8-12(21-18)10-5-13(24-2)17(26-4)14(6-10)25-3/h5-8H,1-4H3,(H,20,21). The number of nitrogens with zero attached hydrogens (tertiary/aromatic N) is 2. The monoisotopic (exact) mass is 355 g/mol. The Morgan fingerprint density at radius 3 is 2.23 bits per heavy atom. The smallest absolute Gasteiger partial charge is 0.232 e. The largest absolute Gasteiger partial charge is 0.493 e. The molecule has 0 atom stereocenters. The van der Waals surface area contributed by atoms with Crippen LogP contribution in [0.3, 0.4) is 0 Å². The highest BCUT2D eigenvalue weighted by Crippen LogP contribution is 2.40. The van der Waals surface area contributed by atoms with Crippen molar-refractivity contribution in [2.24, 2.45) is 0 Å². The molecule has 0 fully saturated rings. The van der Waals surface area contributed by atoms with E-state index in [9.17, 15) is 9.59 Å². The summed E-state index contributed by atoms with van der Waals surface area (Å²) in [6.07, 6.45) is 2.96. The first kappa shape index (κ1) is 17.4. The highest BCUT2D eigenvalue weighted by atomic mass is 16.5. The third-order valence-electron chi connectivity index (χ3n) is 3.91. The van der Waals surface area contributed by atoms with Crippen molar-refractivity contribution in [2.45, 2.75) is 6.92 Å². The van der Waals surface area contributed by atoms with Crippen LogP contribution < -0.4 is 14.2 Å². The highest BCUT2D eigenvalue weighted by molar-refractivity contribution is 6.44. The minimum Gasteiger partial charge on any atom is -0.493 e. The van der Waals surface area contributed by atoms with Gasteiger partial charge in [0.05, 0.1) is 38.8 Å². The van der Waals surface area contributed by atoms with E-state index in [1.54, 1.807) is 12.1 Å². The van der Waals surface area contributed by atoms with Gasteiger partial charge in [-0.15, -0.1) is 0 Å². The van der Waals surface area contributed by atoms with Gasteiger partial charge in [0.2, 0.25) is 11.5 Å². The number of benzene rings is 1. The van der Waals surface area contributed by atoms with Gasteiger partial charge in [-0.25, -0.2) is 9.97 Å². The number of ether oxygens (including phenoxy) is 3. The van der Waals surface area contributed by atoms with E-state index in [0.717, 1.165) is 0 Å². The van der Waals surface area contributed by atoms with Crippen molar-refractivity contribution in [2.75, 3.05) is 21.3 Å². The van der Waals surface area contributed by atoms with Gasteiger partial charge in [-0.2, -0.15) is 0 Å². The van der Waals surface area contributed by atoms with Crippen LogP contribution in [0.15, 0.2) is 24.5 Å². The molecule has 2 heterocycles. The van der Waals surface area contributed by atoms with Crippen molar-refractivity contribution in [1.29, 1.82) is 0 Å². The van der Waals surface area contributed by atoms with Crippen molar-refractivity contribution in [3.63, 3.8) is 0 Å². The maximum atomic E-state index is 11.9. The summed E-state index contributed by atoms with van der Waals surface area (Å²) >= 11 is 0. The van der Waals surface area contributed by atoms with Crippen molar-refractivity contribution < 1.29 is 23.8 Å². The number of carbonyl (C=O) groups is 2. The second-order valence-corrected chi connectivity index (χ2v) is 5.45. The van der Waals surface area contributed by atoms with Gasteiger partial charge < -0.3 is 19.2 Å². The summed E-state index contributed by atoms with van der Waals surface area (Å²) in [7, 11) is 4.58. The molecule has 0 unspecified atom stereocenters. The third-order valence-corrected chi connectivity index (χ3v) is 3.91. The molecule has 3 aromatic rings. The fraction of sp³-hybridized carbons (Fsp3) is 0.222. The molecule has 0 aliphatic carbocycles. The number of hydrogen-bond acceptors (Lipinski definition) is 7. The number of ketones is 2. The van der Waals surface area contributed by atoms with Gasteiger partial charge in [-0.3, -0.25) is 9.59 Å². The Morgan fingerprint density at radius 1 is 1.04 bits per heavy atom. The Balaban J connectivity index is 2.12. The number of H-pyrrole nitrogens is 1. The van der Waals surface area contributed by atoms with Gasteiger partial charge >= 0.3 is 0 Å². The summed E-state index contributed by atoms with van der Waals surface area (Å²) in [5.74, 6) is 0.292. The zero-order valence-electron chi connectivity index (χ0n) is 14.7. The summed E-state index contributed by atoms with van der Waals surface area (Å²) in [4.78, 5) is 34.9. The molecule has 3 rings (SSSR count). The minimum atomic E-state index is -0.605. The molecule has 1 N–H and O–H groups in total. The number of methoxy groups -OCH3 is 3. The zero-order chi connectivity index (χ0) is 18.8. The van der Waals surface area contributed by atoms with E-state index >= 15 is 0 Å². The lowest BCUT2D eigenvalue weighted by Crippen LogP contribution is -2.09. The number of aromatic nitrogens is 3. The van der Waals surface area contributed by atoms with Crippen LogP contribution in [0.5, 0.6) is 17.2 Å². The number of aromatic amines is 1. The van der Waals surface area contributed by atoms with Gasteiger partial charge in [0.15, 0.2) is 22.9 Å². The molecule has 0 aliphatic heterocycles. The minimum absolute atomic E-state index is 0.205. The molecule has 8 heteroatoms. The lowest BCUT2D eigenvalue weighted by atomic mass is 10.1. The van der Waals surface area contributed by atoms with Crippen molar-refractivity contribution in [3.05, 3.63) is 30.1 Å². The van der Waals surface area contributed by atoms with E-state index < -0.39 is 11.6 Å². The molecule has 134 valence electrons. The summed E-state index contributed by atoms with van der Waals surface area (Å²) in [6.45, 7) is 1.22. The highest BCUT2D eigenvalue weighted by Gasteiger charge is 2.19. The van der Waals surface area contributed by atoms with Gasteiger partial charge in [0.25, 0.3) is 0 Å². The molecule has 0 amide bonds. The molecule has 2 aromatic heterocycles. The molecular weight excluding hydrogens is 338 g/mol. The SMILES string of the molecule is COc1cc(-c2cnc3c(C(=O)C(C)=O)c[nH]c3n2)cc(OC)c1OC. The normalized spacial score (nSPS) is 10.6. The second-order valence-electron chi connectivity index (χ2n) is 5.45. The molecule has 0 bridgehead atoms. The Morgan fingerprint density at radius 2 is 1.69 bits per heavy atom. The zero-order valence-corrected chi connectivity index (χ0v) is 14.7. The number of hydrogen-bond donors (Lipinski definition) is 1. The first-order valence-corrected chi connectivity index (χ1v) is 7.70. The molecule has 0 saturated heterocycles. The van der Waals surface area contributed by atoms with E-state index in [1.807, 2.05) is 0 Å². The van der Waals surface area contributed by atoms with Crippen LogP contribution in [-0.2, 0) is 4.79 Å². The molecule has 0 saturated carbocycles. The molecule has 1 aromatic carbocycles. The summed E-state index contributed by atoms with van der Waals surface area (Å²) in [6, 6.07) is 3.50. The average Bonchev–Trinajstić information content (AvgIpc) is 3.08. The Labute approximate surface area is 149 Å². The lowest BCUT2D eigenvalue weighted by Gasteiger charge is -2.13. The summed E-state index contributed by atoms with van der Waals surface area (Å²) in [5.41, 5.74) is 2.20. The Bertz CT molecular complexity index is 984. The maximum absolute atomic E-state index is 11.9. The van der Waals surface area contributed by atoms with Crippen LogP contribution in [-0.4, -0.2) is 47.8 Å². The molecule has 8 nitrogen and oxygen atoms in total. The fourth-order valence-electron chi connectivity index (χ4n) is 2.63. The quantitative estimate of drug-likeness (QED) is 0.535. The second kappa shape index (κ2) is 6.83. The Hall–Kier alpha value is -3.42. The van der Waals surface area contributed by atoms with Crippen molar-refractivity contribution in [3.8, 4) is 28.5 Å². The molecule has 0 aliphatic rings. The van der Waals surface area contributed by atoms with Gasteiger partial charge in [-0.05, 0) is 12.1 Å². The van der Waals surface area contributed by atoms with Crippen molar-refractivity contribution >= 4 is 22.7 Å². The van der Waals surface area contributed by atoms with Crippen molar-refractivity contribution in [1.82, 2.24) is 15.0 Å². The molecule has 0 spiro atoms. The van der Waals surface area contributed by atoms with E-state index in [-0.39, 0.29) is 5.56 Å². The third kappa shape index (κ3) is 2.85. The van der Waals surface area contributed by atoms with Crippen LogP contribution >= 0.6 is 0 Å². The van der Waals surface area contributed by atoms with E-state index in [2.05, 4.69) is 15.0 Å². The maximum Gasteiger partial charge on any atom is 0.232 e. The summed E-state index contributed by atoms with van der Waals surface area (Å²) in [5, 5.41) is 0. The van der Waals surface area contributed by atoms with Gasteiger partial charge in [-0.1, -0.05) is 0 Å². The van der Waals surface area contributed by atoms with E-state index in [4.69, 9.17) is 14.2 Å². The first-order valence-electron chi connectivity index (χ1n) is 7.70. The predicted octanol–water partition coefficient (Wildman–Crippen LogP) is 2.42. The van der Waals surface area contributed by atoms with E-state index in [0.29, 0.717) is 39.7 Å². The number of rotatable bonds is 6. The van der Waals surface area contributed by atoms with E-state index in [1.165, 1.54) is 40.6 Å². The van der Waals surface area contributed by atoms with Gasteiger partial charge in [0, 0.05) is 18.7 Å². The number of Topliss-reactive ketones (excluding diaryl/α,β-unsaturated/α-hetero) is 2. The fourth-order valence-corrected chi connectivity index (χ4v) is 2.63. The van der Waals surface area contributed by atoms with Crippen LogP contribution in [0.25, 0.3) is 22.4 Å². The van der Waals surface area contributed by atoms with Crippen LogP contribution in [0.1, 0.15) is 17.3 Å².